The Bertz CT molecular complexity index is 602. The number of ketones is 1. The van der Waals surface area contributed by atoms with E-state index in [4.69, 9.17) is 11.6 Å². The standard InChI is InChI=1S/C15H17ClN2O/c1-10(2)18-15(13(16)9-17-18)14(19)8-12-7-5-4-6-11(12)3/h4-7,9-10H,8H2,1-3H3. The lowest BCUT2D eigenvalue weighted by Gasteiger charge is -2.11. The number of aryl methyl sites for hydroxylation is 1. The fourth-order valence-corrected chi connectivity index (χ4v) is 2.29. The highest BCUT2D eigenvalue weighted by atomic mass is 35.5. The summed E-state index contributed by atoms with van der Waals surface area (Å²) < 4.78 is 1.68. The van der Waals surface area contributed by atoms with Crippen LogP contribution in [0.3, 0.4) is 0 Å². The van der Waals surface area contributed by atoms with Crippen molar-refractivity contribution in [3.8, 4) is 0 Å². The highest BCUT2D eigenvalue weighted by molar-refractivity contribution is 6.33. The van der Waals surface area contributed by atoms with Gasteiger partial charge in [-0.25, -0.2) is 0 Å². The van der Waals surface area contributed by atoms with Gasteiger partial charge in [0.2, 0.25) is 0 Å². The molecule has 0 aliphatic carbocycles. The zero-order valence-electron chi connectivity index (χ0n) is 11.4. The van der Waals surface area contributed by atoms with Gasteiger partial charge < -0.3 is 0 Å². The molecule has 3 nitrogen and oxygen atoms in total. The zero-order valence-corrected chi connectivity index (χ0v) is 12.1. The van der Waals surface area contributed by atoms with Gasteiger partial charge in [-0.1, -0.05) is 35.9 Å². The third-order valence-electron chi connectivity index (χ3n) is 3.12. The summed E-state index contributed by atoms with van der Waals surface area (Å²) in [5.74, 6) is 0.00509. The lowest BCUT2D eigenvalue weighted by Crippen LogP contribution is -2.15. The summed E-state index contributed by atoms with van der Waals surface area (Å²) in [5.41, 5.74) is 2.64. The number of carbonyl (C=O) groups excluding carboxylic acids is 1. The van der Waals surface area contributed by atoms with Gasteiger partial charge in [0, 0.05) is 12.5 Å². The topological polar surface area (TPSA) is 34.9 Å². The minimum absolute atomic E-state index is 0.00509. The van der Waals surface area contributed by atoms with Crippen LogP contribution >= 0.6 is 11.6 Å². The van der Waals surface area contributed by atoms with E-state index in [1.54, 1.807) is 4.68 Å². The Balaban J connectivity index is 2.31. The molecule has 0 amide bonds. The molecule has 0 fully saturated rings. The van der Waals surface area contributed by atoms with E-state index in [9.17, 15) is 4.79 Å². The largest absolute Gasteiger partial charge is 0.292 e. The molecule has 1 aromatic carbocycles. The van der Waals surface area contributed by atoms with Gasteiger partial charge in [0.05, 0.1) is 11.2 Å². The molecular weight excluding hydrogens is 260 g/mol. The Morgan fingerprint density at radius 1 is 1.37 bits per heavy atom. The van der Waals surface area contributed by atoms with Crippen LogP contribution in [0.4, 0.5) is 0 Å². The molecule has 1 aromatic heterocycles. The van der Waals surface area contributed by atoms with Crippen LogP contribution in [-0.2, 0) is 6.42 Å². The maximum absolute atomic E-state index is 12.4. The maximum Gasteiger partial charge on any atom is 0.186 e. The van der Waals surface area contributed by atoms with Crippen molar-refractivity contribution in [2.45, 2.75) is 33.2 Å². The lowest BCUT2D eigenvalue weighted by molar-refractivity contribution is 0.0981. The molecule has 100 valence electrons. The van der Waals surface area contributed by atoms with Crippen molar-refractivity contribution < 1.29 is 4.79 Å². The molecule has 2 rings (SSSR count). The van der Waals surface area contributed by atoms with Crippen LogP contribution < -0.4 is 0 Å². The van der Waals surface area contributed by atoms with Crippen molar-refractivity contribution in [2.24, 2.45) is 0 Å². The number of Topliss-reactive ketones (excluding diaryl/α,β-unsaturated/α-hetero) is 1. The number of aromatic nitrogens is 2. The summed E-state index contributed by atoms with van der Waals surface area (Å²) >= 11 is 6.09. The SMILES string of the molecule is Cc1ccccc1CC(=O)c1c(Cl)cnn1C(C)C. The van der Waals surface area contributed by atoms with Crippen molar-refractivity contribution in [3.63, 3.8) is 0 Å². The van der Waals surface area contributed by atoms with Crippen LogP contribution in [0.15, 0.2) is 30.5 Å². The van der Waals surface area contributed by atoms with Gasteiger partial charge in [-0.15, -0.1) is 0 Å². The van der Waals surface area contributed by atoms with E-state index in [0.717, 1.165) is 11.1 Å². The van der Waals surface area contributed by atoms with Crippen molar-refractivity contribution in [1.82, 2.24) is 9.78 Å². The first-order chi connectivity index (χ1) is 9.00. The Morgan fingerprint density at radius 3 is 2.68 bits per heavy atom. The fraction of sp³-hybridized carbons (Fsp3) is 0.333. The predicted octanol–water partition coefficient (Wildman–Crippen LogP) is 3.85. The van der Waals surface area contributed by atoms with Crippen LogP contribution in [0.2, 0.25) is 5.02 Å². The zero-order chi connectivity index (χ0) is 14.0. The number of hydrogen-bond acceptors (Lipinski definition) is 2. The molecule has 1 heterocycles. The molecule has 0 aliphatic rings. The summed E-state index contributed by atoms with van der Waals surface area (Å²) in [7, 11) is 0. The van der Waals surface area contributed by atoms with Gasteiger partial charge in [0.1, 0.15) is 5.69 Å². The van der Waals surface area contributed by atoms with Gasteiger partial charge in [0.15, 0.2) is 5.78 Å². The second-order valence-electron chi connectivity index (χ2n) is 4.91. The van der Waals surface area contributed by atoms with E-state index in [1.165, 1.54) is 6.20 Å². The number of carbonyl (C=O) groups is 1. The monoisotopic (exact) mass is 276 g/mol. The third-order valence-corrected chi connectivity index (χ3v) is 3.39. The van der Waals surface area contributed by atoms with Gasteiger partial charge in [-0.3, -0.25) is 9.48 Å². The predicted molar refractivity (Wildman–Crippen MR) is 76.8 cm³/mol. The minimum Gasteiger partial charge on any atom is -0.292 e. The van der Waals surface area contributed by atoms with Gasteiger partial charge in [-0.05, 0) is 31.9 Å². The molecule has 0 atom stereocenters. The molecule has 19 heavy (non-hydrogen) atoms. The van der Waals surface area contributed by atoms with Crippen molar-refractivity contribution >= 4 is 17.4 Å². The van der Waals surface area contributed by atoms with E-state index in [-0.39, 0.29) is 11.8 Å². The van der Waals surface area contributed by atoms with Crippen LogP contribution in [0.25, 0.3) is 0 Å². The first-order valence-corrected chi connectivity index (χ1v) is 6.69. The van der Waals surface area contributed by atoms with E-state index >= 15 is 0 Å². The first-order valence-electron chi connectivity index (χ1n) is 6.31. The quantitative estimate of drug-likeness (QED) is 0.795. The molecule has 0 N–H and O–H groups in total. The number of benzene rings is 1. The Hall–Kier alpha value is -1.61. The first kappa shape index (κ1) is 13.8. The lowest BCUT2D eigenvalue weighted by atomic mass is 10.0. The number of hydrogen-bond donors (Lipinski definition) is 0. The highest BCUT2D eigenvalue weighted by Crippen LogP contribution is 2.21. The van der Waals surface area contributed by atoms with Crippen LogP contribution in [0.1, 0.15) is 41.5 Å². The molecule has 2 aromatic rings. The van der Waals surface area contributed by atoms with E-state index in [1.807, 2.05) is 45.0 Å². The molecule has 0 aliphatic heterocycles. The van der Waals surface area contributed by atoms with E-state index in [2.05, 4.69) is 5.10 Å². The average Bonchev–Trinajstić information content (AvgIpc) is 2.74. The molecule has 0 bridgehead atoms. The molecule has 0 saturated carbocycles. The minimum atomic E-state index is 0.00509. The van der Waals surface area contributed by atoms with Crippen molar-refractivity contribution in [3.05, 3.63) is 52.3 Å². The third kappa shape index (κ3) is 2.87. The Labute approximate surface area is 118 Å². The summed E-state index contributed by atoms with van der Waals surface area (Å²) in [4.78, 5) is 12.4. The van der Waals surface area contributed by atoms with Crippen molar-refractivity contribution in [1.29, 1.82) is 0 Å². The summed E-state index contributed by atoms with van der Waals surface area (Å²) in [5, 5.41) is 4.59. The Morgan fingerprint density at radius 2 is 2.05 bits per heavy atom. The molecule has 0 unspecified atom stereocenters. The Kier molecular flexibility index (Phi) is 4.05. The van der Waals surface area contributed by atoms with Crippen LogP contribution in [0, 0.1) is 6.92 Å². The second-order valence-corrected chi connectivity index (χ2v) is 5.31. The summed E-state index contributed by atoms with van der Waals surface area (Å²) in [6.07, 6.45) is 1.89. The number of nitrogens with zero attached hydrogens (tertiary/aromatic N) is 2. The molecule has 0 radical (unpaired) electrons. The maximum atomic E-state index is 12.4. The summed E-state index contributed by atoms with van der Waals surface area (Å²) in [6.45, 7) is 5.96. The average molecular weight is 277 g/mol. The molecule has 0 saturated heterocycles. The van der Waals surface area contributed by atoms with E-state index in [0.29, 0.717) is 17.1 Å². The highest BCUT2D eigenvalue weighted by Gasteiger charge is 2.19. The van der Waals surface area contributed by atoms with Gasteiger partial charge >= 0.3 is 0 Å². The normalized spacial score (nSPS) is 11.0. The van der Waals surface area contributed by atoms with E-state index < -0.39 is 0 Å². The van der Waals surface area contributed by atoms with Gasteiger partial charge in [0.25, 0.3) is 0 Å². The molecule has 4 heteroatoms. The summed E-state index contributed by atoms with van der Waals surface area (Å²) in [6, 6.07) is 8.00. The number of halogens is 1. The second kappa shape index (κ2) is 5.57. The molecule has 0 spiro atoms. The van der Waals surface area contributed by atoms with Crippen molar-refractivity contribution in [2.75, 3.05) is 0 Å². The fourth-order valence-electron chi connectivity index (χ4n) is 2.06. The van der Waals surface area contributed by atoms with Crippen LogP contribution in [0.5, 0.6) is 0 Å². The van der Waals surface area contributed by atoms with Gasteiger partial charge in [-0.2, -0.15) is 5.10 Å². The smallest absolute Gasteiger partial charge is 0.186 e. The number of rotatable bonds is 4. The molecular formula is C15H17ClN2O. The van der Waals surface area contributed by atoms with Crippen LogP contribution in [-0.4, -0.2) is 15.6 Å².